The zero-order valence-electron chi connectivity index (χ0n) is 14.0. The van der Waals surface area contributed by atoms with Crippen LogP contribution in [-0.4, -0.2) is 37.6 Å². The van der Waals surface area contributed by atoms with Gasteiger partial charge in [-0.2, -0.15) is 0 Å². The molecule has 2 aromatic rings. The van der Waals surface area contributed by atoms with Gasteiger partial charge in [0, 0.05) is 11.8 Å². The zero-order chi connectivity index (χ0) is 18.4. The Balaban J connectivity index is 2.35. The first-order valence-electron chi connectivity index (χ1n) is 7.40. The second kappa shape index (κ2) is 8.39. The second-order valence-corrected chi connectivity index (χ2v) is 5.46. The molecule has 1 atom stereocenters. The van der Waals surface area contributed by atoms with Crippen molar-refractivity contribution < 1.29 is 24.1 Å². The maximum absolute atomic E-state index is 11.1. The van der Waals surface area contributed by atoms with Gasteiger partial charge in [-0.25, -0.2) is 4.79 Å². The number of carboxylic acid groups (broad SMARTS) is 1. The fraction of sp³-hybridized carbons (Fsp3) is 0.222. The molecule has 0 fully saturated rings. The minimum absolute atomic E-state index is 0.309. The van der Waals surface area contributed by atoms with Crippen molar-refractivity contribution in [2.24, 2.45) is 4.99 Å². The molecule has 0 heterocycles. The maximum atomic E-state index is 11.1. The van der Waals surface area contributed by atoms with E-state index in [0.717, 1.165) is 0 Å². The van der Waals surface area contributed by atoms with Gasteiger partial charge in [-0.15, -0.1) is 0 Å². The van der Waals surface area contributed by atoms with Gasteiger partial charge < -0.3 is 19.3 Å². The molecule has 25 heavy (non-hydrogen) atoms. The Hall–Kier alpha value is -2.73. The van der Waals surface area contributed by atoms with Crippen LogP contribution in [0, 0.1) is 0 Å². The minimum Gasteiger partial charge on any atom is -0.495 e. The number of benzene rings is 2. The van der Waals surface area contributed by atoms with E-state index in [1.807, 2.05) is 0 Å². The van der Waals surface area contributed by atoms with Crippen LogP contribution in [0.5, 0.6) is 17.2 Å². The van der Waals surface area contributed by atoms with Gasteiger partial charge in [-0.05, 0) is 37.3 Å². The molecule has 0 unspecified atom stereocenters. The van der Waals surface area contributed by atoms with Crippen molar-refractivity contribution in [1.82, 2.24) is 0 Å². The molecule has 0 aromatic heterocycles. The Morgan fingerprint density at radius 3 is 2.52 bits per heavy atom. The molecule has 0 bridgehead atoms. The topological polar surface area (TPSA) is 77.3 Å². The number of aliphatic imine (C=N–C) groups is 1. The fourth-order valence-corrected chi connectivity index (χ4v) is 2.28. The predicted octanol–water partition coefficient (Wildman–Crippen LogP) is 3.96. The molecule has 0 radical (unpaired) electrons. The summed E-state index contributed by atoms with van der Waals surface area (Å²) in [6.07, 6.45) is 0.531. The van der Waals surface area contributed by atoms with Crippen LogP contribution in [0.25, 0.3) is 0 Å². The molecule has 0 saturated heterocycles. The van der Waals surface area contributed by atoms with Gasteiger partial charge >= 0.3 is 5.97 Å². The van der Waals surface area contributed by atoms with E-state index in [4.69, 9.17) is 30.9 Å². The van der Waals surface area contributed by atoms with E-state index >= 15 is 0 Å². The molecule has 2 aromatic carbocycles. The van der Waals surface area contributed by atoms with Gasteiger partial charge in [-0.1, -0.05) is 17.7 Å². The van der Waals surface area contributed by atoms with Gasteiger partial charge in [-0.3, -0.25) is 4.99 Å². The molecule has 1 N–H and O–H groups in total. The molecule has 2 rings (SSSR count). The van der Waals surface area contributed by atoms with Crippen LogP contribution in [0.2, 0.25) is 5.02 Å². The summed E-state index contributed by atoms with van der Waals surface area (Å²) >= 11 is 6.09. The van der Waals surface area contributed by atoms with E-state index < -0.39 is 12.1 Å². The molecule has 6 nitrogen and oxygen atoms in total. The van der Waals surface area contributed by atoms with Gasteiger partial charge in [0.25, 0.3) is 0 Å². The number of carboxylic acids is 1. The first kappa shape index (κ1) is 18.6. The highest BCUT2D eigenvalue weighted by Crippen LogP contribution is 2.32. The number of para-hydroxylation sites is 1. The third kappa shape index (κ3) is 4.64. The van der Waals surface area contributed by atoms with Crippen molar-refractivity contribution in [1.29, 1.82) is 0 Å². The van der Waals surface area contributed by atoms with E-state index in [1.165, 1.54) is 21.1 Å². The summed E-state index contributed by atoms with van der Waals surface area (Å²) in [6, 6.07) is 10.3. The third-order valence-electron chi connectivity index (χ3n) is 3.36. The number of halogens is 1. The van der Waals surface area contributed by atoms with Gasteiger partial charge in [0.1, 0.15) is 5.75 Å². The molecule has 132 valence electrons. The van der Waals surface area contributed by atoms with Crippen molar-refractivity contribution >= 4 is 29.5 Å². The average molecular weight is 364 g/mol. The quantitative estimate of drug-likeness (QED) is 0.753. The molecular formula is C18H18ClNO5. The summed E-state index contributed by atoms with van der Waals surface area (Å²) < 4.78 is 15.9. The van der Waals surface area contributed by atoms with E-state index in [0.29, 0.717) is 33.5 Å². The molecule has 0 aliphatic rings. The van der Waals surface area contributed by atoms with Crippen LogP contribution >= 0.6 is 11.6 Å². The summed E-state index contributed by atoms with van der Waals surface area (Å²) in [5.41, 5.74) is 1.20. The monoisotopic (exact) mass is 363 g/mol. The lowest BCUT2D eigenvalue weighted by Gasteiger charge is -2.15. The number of carbonyl (C=O) groups is 1. The van der Waals surface area contributed by atoms with Crippen molar-refractivity contribution in [3.05, 3.63) is 47.0 Å². The Morgan fingerprint density at radius 1 is 1.20 bits per heavy atom. The molecule has 7 heteroatoms. The van der Waals surface area contributed by atoms with Crippen molar-refractivity contribution in [3.63, 3.8) is 0 Å². The molecule has 0 amide bonds. The maximum Gasteiger partial charge on any atom is 0.344 e. The zero-order valence-corrected chi connectivity index (χ0v) is 14.8. The highest BCUT2D eigenvalue weighted by molar-refractivity contribution is 6.32. The van der Waals surface area contributed by atoms with E-state index in [1.54, 1.807) is 42.6 Å². The number of hydrogen-bond donors (Lipinski definition) is 1. The van der Waals surface area contributed by atoms with Crippen LogP contribution in [-0.2, 0) is 4.79 Å². The highest BCUT2D eigenvalue weighted by atomic mass is 35.5. The Kier molecular flexibility index (Phi) is 6.25. The second-order valence-electron chi connectivity index (χ2n) is 5.05. The van der Waals surface area contributed by atoms with Crippen LogP contribution in [0.4, 0.5) is 5.69 Å². The van der Waals surface area contributed by atoms with Gasteiger partial charge in [0.2, 0.25) is 0 Å². The first-order valence-corrected chi connectivity index (χ1v) is 7.78. The largest absolute Gasteiger partial charge is 0.495 e. The van der Waals surface area contributed by atoms with Crippen LogP contribution in [0.3, 0.4) is 0 Å². The summed E-state index contributed by atoms with van der Waals surface area (Å²) in [6.45, 7) is 1.44. The van der Waals surface area contributed by atoms with E-state index in [2.05, 4.69) is 4.99 Å². The SMILES string of the molecule is COc1ccc(N=Cc2cccc(OC)c2O[C@H](C)C(=O)O)cc1Cl. The molecule has 0 aliphatic carbocycles. The number of nitrogens with zero attached hydrogens (tertiary/aromatic N) is 1. The lowest BCUT2D eigenvalue weighted by Crippen LogP contribution is -2.23. The normalized spacial score (nSPS) is 12.0. The van der Waals surface area contributed by atoms with Crippen molar-refractivity contribution in [2.45, 2.75) is 13.0 Å². The van der Waals surface area contributed by atoms with E-state index in [-0.39, 0.29) is 0 Å². The van der Waals surface area contributed by atoms with Crippen molar-refractivity contribution in [3.8, 4) is 17.2 Å². The van der Waals surface area contributed by atoms with Gasteiger partial charge in [0.15, 0.2) is 17.6 Å². The summed E-state index contributed by atoms with van der Waals surface area (Å²) in [4.78, 5) is 15.4. The predicted molar refractivity (Wildman–Crippen MR) is 96.0 cm³/mol. The van der Waals surface area contributed by atoms with Crippen molar-refractivity contribution in [2.75, 3.05) is 14.2 Å². The minimum atomic E-state index is -1.07. The summed E-state index contributed by atoms with van der Waals surface area (Å²) in [5, 5.41) is 9.50. The number of methoxy groups -OCH3 is 2. The number of ether oxygens (including phenoxy) is 3. The van der Waals surface area contributed by atoms with Crippen LogP contribution in [0.15, 0.2) is 41.4 Å². The highest BCUT2D eigenvalue weighted by Gasteiger charge is 2.17. The standard InChI is InChI=1S/C18H18ClNO5/c1-11(18(21)22)25-17-12(5-4-6-16(17)24-3)10-20-13-7-8-15(23-2)14(19)9-13/h4-11H,1-3H3,(H,21,22)/t11-/m1/s1. The lowest BCUT2D eigenvalue weighted by atomic mass is 10.2. The van der Waals surface area contributed by atoms with E-state index in [9.17, 15) is 4.79 Å². The average Bonchev–Trinajstić information content (AvgIpc) is 2.60. The number of rotatable bonds is 7. The number of hydrogen-bond acceptors (Lipinski definition) is 5. The summed E-state index contributed by atoms with van der Waals surface area (Å²) in [5.74, 6) is 0.213. The van der Waals surface area contributed by atoms with Crippen LogP contribution < -0.4 is 14.2 Å². The third-order valence-corrected chi connectivity index (χ3v) is 3.66. The fourth-order valence-electron chi connectivity index (χ4n) is 2.03. The Labute approximate surface area is 150 Å². The van der Waals surface area contributed by atoms with Crippen LogP contribution in [0.1, 0.15) is 12.5 Å². The molecular weight excluding hydrogens is 346 g/mol. The Morgan fingerprint density at radius 2 is 1.92 bits per heavy atom. The van der Waals surface area contributed by atoms with Gasteiger partial charge in [0.05, 0.1) is 24.9 Å². The smallest absolute Gasteiger partial charge is 0.344 e. The molecule has 0 spiro atoms. The lowest BCUT2D eigenvalue weighted by molar-refractivity contribution is -0.144. The molecule has 0 saturated carbocycles. The number of aliphatic carboxylic acids is 1. The summed E-state index contributed by atoms with van der Waals surface area (Å²) in [7, 11) is 3.02. The first-order chi connectivity index (χ1) is 12.0. The Bertz CT molecular complexity index is 791. The molecule has 0 aliphatic heterocycles.